The first-order valence-corrected chi connectivity index (χ1v) is 15.0. The molecule has 0 saturated heterocycles. The predicted octanol–water partition coefficient (Wildman–Crippen LogP) is 2.04. The molecule has 1 amide bonds. The van der Waals surface area contributed by atoms with Gasteiger partial charge in [0.25, 0.3) is 5.91 Å². The van der Waals surface area contributed by atoms with Gasteiger partial charge in [0, 0.05) is 11.5 Å². The molecule has 5 fully saturated rings. The highest BCUT2D eigenvalue weighted by molar-refractivity contribution is 6.24. The summed E-state index contributed by atoms with van der Waals surface area (Å²) in [5.74, 6) is -5.97. The van der Waals surface area contributed by atoms with E-state index in [9.17, 15) is 39.9 Å². The Kier molecular flexibility index (Phi) is 5.85. The summed E-state index contributed by atoms with van der Waals surface area (Å²) in [4.78, 5) is 41.2. The van der Waals surface area contributed by atoms with E-state index in [1.165, 1.54) is 25.4 Å². The molecule has 1 aromatic rings. The zero-order valence-electron chi connectivity index (χ0n) is 23.9. The van der Waals surface area contributed by atoms with E-state index < -0.39 is 70.1 Å². The smallest absolute Gasteiger partial charge is 0.255 e. The summed E-state index contributed by atoms with van der Waals surface area (Å²) in [6.45, 7) is 1.76. The van der Waals surface area contributed by atoms with E-state index in [0.717, 1.165) is 43.1 Å². The Hall–Kier alpha value is -3.21. The molecule has 7 aliphatic rings. The number of likely N-dealkylation sites (N-methyl/N-ethyl adjacent to an activating group) is 1. The van der Waals surface area contributed by atoms with Crippen molar-refractivity contribution in [1.82, 2.24) is 4.90 Å². The van der Waals surface area contributed by atoms with Crippen molar-refractivity contribution in [2.24, 2.45) is 41.2 Å². The third-order valence-electron chi connectivity index (χ3n) is 11.7. The van der Waals surface area contributed by atoms with Crippen molar-refractivity contribution in [2.45, 2.75) is 68.6 Å². The van der Waals surface area contributed by atoms with Crippen molar-refractivity contribution in [3.8, 4) is 5.75 Å². The van der Waals surface area contributed by atoms with Crippen LogP contribution in [-0.4, -0.2) is 79.7 Å². The number of hydrogen-bond acceptors (Lipinski definition) is 9. The first-order valence-electron chi connectivity index (χ1n) is 15.0. The number of aromatic hydroxyl groups is 1. The normalized spacial score (nSPS) is 42.1. The molecule has 0 aliphatic heterocycles. The van der Waals surface area contributed by atoms with Gasteiger partial charge in [-0.15, -0.1) is 0 Å². The summed E-state index contributed by atoms with van der Waals surface area (Å²) >= 11 is 0. The molecule has 10 nitrogen and oxygen atoms in total. The lowest BCUT2D eigenvalue weighted by Gasteiger charge is -2.55. The summed E-state index contributed by atoms with van der Waals surface area (Å²) in [6.07, 6.45) is 4.19. The van der Waals surface area contributed by atoms with Gasteiger partial charge in [0.05, 0.1) is 23.6 Å². The number of carbonyl (C=O) groups excluding carboxylic acids is 3. The van der Waals surface area contributed by atoms with Gasteiger partial charge in [0.2, 0.25) is 5.78 Å². The van der Waals surface area contributed by atoms with Crippen LogP contribution in [0.1, 0.15) is 67.6 Å². The van der Waals surface area contributed by atoms with E-state index in [0.29, 0.717) is 17.4 Å². The number of aliphatic hydroxyl groups is 4. The third kappa shape index (κ3) is 3.28. The molecule has 224 valence electrons. The molecule has 0 unspecified atom stereocenters. The Morgan fingerprint density at radius 2 is 1.52 bits per heavy atom. The molecule has 7 N–H and O–H groups in total. The number of ketones is 2. The van der Waals surface area contributed by atoms with Crippen molar-refractivity contribution in [1.29, 1.82) is 0 Å². The van der Waals surface area contributed by atoms with E-state index >= 15 is 0 Å². The number of phenolic OH excluding ortho intramolecular Hbond substituents is 1. The molecule has 5 saturated carbocycles. The number of amides is 1. The first kappa shape index (κ1) is 27.6. The van der Waals surface area contributed by atoms with Crippen LogP contribution in [0.4, 0.5) is 0 Å². The molecular formula is C32H38N2O8. The molecule has 0 radical (unpaired) electrons. The molecule has 0 heterocycles. The van der Waals surface area contributed by atoms with Gasteiger partial charge in [0.1, 0.15) is 22.8 Å². The molecule has 10 heteroatoms. The van der Waals surface area contributed by atoms with E-state index in [4.69, 9.17) is 5.73 Å². The largest absolute Gasteiger partial charge is 0.508 e. The van der Waals surface area contributed by atoms with Gasteiger partial charge in [-0.1, -0.05) is 19.1 Å². The van der Waals surface area contributed by atoms with Gasteiger partial charge in [-0.25, -0.2) is 0 Å². The highest BCUT2D eigenvalue weighted by Gasteiger charge is 2.68. The number of hydrogen-bond donors (Lipinski definition) is 6. The lowest BCUT2D eigenvalue weighted by Crippen LogP contribution is -2.70. The molecule has 0 aromatic heterocycles. The van der Waals surface area contributed by atoms with Crippen LogP contribution >= 0.6 is 0 Å². The minimum atomic E-state index is -2.90. The second kappa shape index (κ2) is 8.90. The lowest BCUT2D eigenvalue weighted by molar-refractivity contribution is -0.169. The SMILES string of the molecule is C[C@@H]1c2ccc(C3C4CC5CC(C4)CC3C5)c(O)c2C(O)=C2C(=O)[C@]3(O)C(O)=C(C(N)=O)C(=O)[C@H](N(C)C)[C@H]3[C@@H](O)[C@@H]21. The summed E-state index contributed by atoms with van der Waals surface area (Å²) in [5.41, 5.74) is 2.62. The molecular weight excluding hydrogens is 540 g/mol. The van der Waals surface area contributed by atoms with Crippen LogP contribution in [0.25, 0.3) is 5.76 Å². The van der Waals surface area contributed by atoms with Gasteiger partial charge >= 0.3 is 0 Å². The topological polar surface area (TPSA) is 182 Å². The number of primary amides is 1. The number of phenols is 1. The number of fused-ring (bicyclic) bond motifs is 3. The van der Waals surface area contributed by atoms with Gasteiger partial charge in [-0.2, -0.15) is 0 Å². The molecule has 8 rings (SSSR count). The van der Waals surface area contributed by atoms with Crippen LogP contribution < -0.4 is 5.73 Å². The van der Waals surface area contributed by atoms with Crippen LogP contribution in [0, 0.1) is 35.5 Å². The monoisotopic (exact) mass is 578 g/mol. The minimum absolute atomic E-state index is 0.0947. The number of aliphatic hydroxyl groups excluding tert-OH is 3. The van der Waals surface area contributed by atoms with Crippen LogP contribution in [0.2, 0.25) is 0 Å². The second-order valence-electron chi connectivity index (χ2n) is 14.0. The highest BCUT2D eigenvalue weighted by atomic mass is 16.4. The Morgan fingerprint density at radius 3 is 2.07 bits per heavy atom. The van der Waals surface area contributed by atoms with Gasteiger partial charge in [-0.05, 0) is 92.8 Å². The standard InChI is InChI=1S/C32H38N2O8/c1-11-16-4-5-17(19-14-7-12-6-13(9-14)10-15(19)8-12)25(35)20(16)26(36)21-18(11)27(37)23-24(34(2)3)28(38)22(31(33)41)30(40)32(23,42)29(21)39/h4-5,11-15,18-19,23-24,27,35-37,40,42H,6-10H2,1-3H3,(H2,33,41)/t11-,12?,13?,14?,15?,18-,19?,23+,24-,27+,32+/m1/s1. The van der Waals surface area contributed by atoms with Crippen LogP contribution in [-0.2, 0) is 14.4 Å². The minimum Gasteiger partial charge on any atom is -0.508 e. The second-order valence-corrected chi connectivity index (χ2v) is 14.0. The van der Waals surface area contributed by atoms with Crippen molar-refractivity contribution in [3.05, 3.63) is 45.7 Å². The van der Waals surface area contributed by atoms with E-state index in [2.05, 4.69) is 0 Å². The van der Waals surface area contributed by atoms with Crippen LogP contribution in [0.5, 0.6) is 5.75 Å². The molecule has 1 aromatic carbocycles. The summed E-state index contributed by atoms with van der Waals surface area (Å²) in [5, 5.41) is 58.3. The Morgan fingerprint density at radius 1 is 0.952 bits per heavy atom. The Balaban J connectivity index is 1.40. The zero-order chi connectivity index (χ0) is 30.2. The maximum absolute atomic E-state index is 14.2. The number of carbonyl (C=O) groups is 3. The number of nitrogens with zero attached hydrogens (tertiary/aromatic N) is 1. The zero-order valence-corrected chi connectivity index (χ0v) is 23.9. The predicted molar refractivity (Wildman–Crippen MR) is 150 cm³/mol. The molecule has 42 heavy (non-hydrogen) atoms. The lowest BCUT2D eigenvalue weighted by atomic mass is 9.50. The van der Waals surface area contributed by atoms with Crippen LogP contribution in [0.3, 0.4) is 0 Å². The summed E-state index contributed by atoms with van der Waals surface area (Å²) in [6, 6.07) is 2.41. The first-order chi connectivity index (χ1) is 19.8. The average molecular weight is 579 g/mol. The molecule has 0 spiro atoms. The summed E-state index contributed by atoms with van der Waals surface area (Å²) < 4.78 is 0. The quantitative estimate of drug-likeness (QED) is 0.292. The summed E-state index contributed by atoms with van der Waals surface area (Å²) in [7, 11) is 2.99. The Labute approximate surface area is 243 Å². The third-order valence-corrected chi connectivity index (χ3v) is 11.7. The van der Waals surface area contributed by atoms with Crippen molar-refractivity contribution < 1.29 is 39.9 Å². The fraction of sp³-hybridized carbons (Fsp3) is 0.594. The maximum Gasteiger partial charge on any atom is 0.255 e. The number of rotatable bonds is 3. The maximum atomic E-state index is 14.2. The number of benzene rings is 1. The number of nitrogens with two attached hydrogens (primary N) is 1. The Bertz CT molecular complexity index is 1480. The van der Waals surface area contributed by atoms with E-state index in [1.54, 1.807) is 6.92 Å². The van der Waals surface area contributed by atoms with E-state index in [1.807, 2.05) is 12.1 Å². The highest BCUT2D eigenvalue weighted by Crippen LogP contribution is 2.62. The molecule has 6 atom stereocenters. The van der Waals surface area contributed by atoms with Crippen molar-refractivity contribution >= 4 is 23.2 Å². The van der Waals surface area contributed by atoms with Crippen molar-refractivity contribution in [3.63, 3.8) is 0 Å². The van der Waals surface area contributed by atoms with Crippen molar-refractivity contribution in [2.75, 3.05) is 14.1 Å². The fourth-order valence-electron chi connectivity index (χ4n) is 10.3. The van der Waals surface area contributed by atoms with Gasteiger partial charge in [0.15, 0.2) is 11.4 Å². The molecule has 4 bridgehead atoms. The van der Waals surface area contributed by atoms with Crippen LogP contribution in [0.15, 0.2) is 29.0 Å². The fourth-order valence-corrected chi connectivity index (χ4v) is 10.3. The van der Waals surface area contributed by atoms with Gasteiger partial charge < -0.3 is 31.3 Å². The van der Waals surface area contributed by atoms with Gasteiger partial charge in [-0.3, -0.25) is 19.3 Å². The molecule has 7 aliphatic carbocycles. The number of Topliss-reactive ketones (excluding diaryl/α,β-unsaturated/α-hetero) is 2. The van der Waals surface area contributed by atoms with E-state index in [-0.39, 0.29) is 22.8 Å². The average Bonchev–Trinajstić information content (AvgIpc) is 2.90.